The number of hydrogen-bond donors (Lipinski definition) is 6. The van der Waals surface area contributed by atoms with Crippen molar-refractivity contribution in [3.8, 4) is 0 Å². The molecule has 0 saturated carbocycles. The number of carbonyl (C=O) groups excluding carboxylic acids is 1. The highest BCUT2D eigenvalue weighted by atomic mass is 16.3. The Morgan fingerprint density at radius 3 is 1.20 bits per heavy atom. The number of aliphatic hydroxyl groups excluding tert-OH is 5. The van der Waals surface area contributed by atoms with Crippen molar-refractivity contribution >= 4 is 5.91 Å². The summed E-state index contributed by atoms with van der Waals surface area (Å²) in [5, 5.41) is 53.8. The third-order valence-electron chi connectivity index (χ3n) is 10.6. The largest absolute Gasteiger partial charge is 0.394 e. The van der Waals surface area contributed by atoms with Crippen molar-refractivity contribution in [3.63, 3.8) is 0 Å². The minimum Gasteiger partial charge on any atom is -0.394 e. The number of allylic oxidation sites excluding steroid dienone is 2. The van der Waals surface area contributed by atoms with Crippen LogP contribution in [0.4, 0.5) is 0 Å². The van der Waals surface area contributed by atoms with Gasteiger partial charge in [0.2, 0.25) is 0 Å². The van der Waals surface area contributed by atoms with Crippen molar-refractivity contribution < 1.29 is 30.3 Å². The van der Waals surface area contributed by atoms with E-state index in [0.717, 1.165) is 32.1 Å². The second-order valence-electron chi connectivity index (χ2n) is 15.5. The Balaban J connectivity index is 3.80. The predicted octanol–water partition coefficient (Wildman–Crippen LogP) is 10.4. The molecule has 0 aliphatic rings. The average molecular weight is 726 g/mol. The van der Waals surface area contributed by atoms with Crippen LogP contribution in [-0.4, -0.2) is 68.5 Å². The fraction of sp³-hybridized carbons (Fsp3) is 0.932. The molecule has 0 rings (SSSR count). The maximum Gasteiger partial charge on any atom is 0.251 e. The van der Waals surface area contributed by atoms with Crippen molar-refractivity contribution in [2.45, 2.75) is 256 Å². The first-order valence-corrected chi connectivity index (χ1v) is 22.2. The van der Waals surface area contributed by atoms with Crippen LogP contribution in [0.3, 0.4) is 0 Å². The Morgan fingerprint density at radius 2 is 0.804 bits per heavy atom. The van der Waals surface area contributed by atoms with Gasteiger partial charge in [0, 0.05) is 0 Å². The molecule has 0 aromatic carbocycles. The topological polar surface area (TPSA) is 130 Å². The van der Waals surface area contributed by atoms with Crippen LogP contribution in [0, 0.1) is 0 Å². The van der Waals surface area contributed by atoms with Gasteiger partial charge in [-0.15, -0.1) is 0 Å². The number of amides is 1. The molecule has 0 radical (unpaired) electrons. The van der Waals surface area contributed by atoms with Gasteiger partial charge in [-0.05, 0) is 38.5 Å². The SMILES string of the molecule is CCCCCCCCC/C=C/CCC[C@@H](O)[C@@H](O)[C@H](CO)NC(=O)[C@H](O)C(O)CCCCCCCCCCCCCCCCCCCCCCC. The maximum atomic E-state index is 12.5. The van der Waals surface area contributed by atoms with Crippen LogP contribution in [0.5, 0.6) is 0 Å². The molecule has 0 aliphatic carbocycles. The lowest BCUT2D eigenvalue weighted by Gasteiger charge is -2.28. The van der Waals surface area contributed by atoms with E-state index in [0.29, 0.717) is 19.3 Å². The Morgan fingerprint density at radius 1 is 0.471 bits per heavy atom. The molecule has 7 nitrogen and oxygen atoms in total. The van der Waals surface area contributed by atoms with E-state index in [1.54, 1.807) is 0 Å². The van der Waals surface area contributed by atoms with Gasteiger partial charge < -0.3 is 30.8 Å². The fourth-order valence-corrected chi connectivity index (χ4v) is 6.96. The molecule has 0 aromatic rings. The van der Waals surface area contributed by atoms with Gasteiger partial charge >= 0.3 is 0 Å². The molecule has 6 N–H and O–H groups in total. The molecule has 0 heterocycles. The summed E-state index contributed by atoms with van der Waals surface area (Å²) in [5.41, 5.74) is 0. The number of rotatable bonds is 40. The molecule has 0 aromatic heterocycles. The zero-order valence-corrected chi connectivity index (χ0v) is 33.7. The molecule has 0 saturated heterocycles. The third kappa shape index (κ3) is 32.2. The summed E-state index contributed by atoms with van der Waals surface area (Å²) < 4.78 is 0. The van der Waals surface area contributed by atoms with Crippen LogP contribution in [0.25, 0.3) is 0 Å². The van der Waals surface area contributed by atoms with E-state index in [1.165, 1.54) is 161 Å². The van der Waals surface area contributed by atoms with Gasteiger partial charge in [0.15, 0.2) is 6.10 Å². The Hall–Kier alpha value is -0.990. The summed E-state index contributed by atoms with van der Waals surface area (Å²) in [7, 11) is 0. The lowest BCUT2D eigenvalue weighted by molar-refractivity contribution is -0.138. The number of carbonyl (C=O) groups is 1. The summed E-state index contributed by atoms with van der Waals surface area (Å²) >= 11 is 0. The monoisotopic (exact) mass is 726 g/mol. The lowest BCUT2D eigenvalue weighted by atomic mass is 9.99. The van der Waals surface area contributed by atoms with E-state index in [1.807, 2.05) is 0 Å². The molecule has 1 amide bonds. The van der Waals surface area contributed by atoms with E-state index in [4.69, 9.17) is 0 Å². The predicted molar refractivity (Wildman–Crippen MR) is 216 cm³/mol. The zero-order valence-electron chi connectivity index (χ0n) is 33.7. The molecule has 0 fully saturated rings. The molecular formula is C44H87NO6. The van der Waals surface area contributed by atoms with E-state index < -0.39 is 43.0 Å². The minimum atomic E-state index is -1.64. The minimum absolute atomic E-state index is 0.315. The van der Waals surface area contributed by atoms with E-state index in [2.05, 4.69) is 31.3 Å². The molecule has 5 atom stereocenters. The van der Waals surface area contributed by atoms with E-state index in [9.17, 15) is 30.3 Å². The van der Waals surface area contributed by atoms with Crippen molar-refractivity contribution in [2.24, 2.45) is 0 Å². The maximum absolute atomic E-state index is 12.5. The van der Waals surface area contributed by atoms with Gasteiger partial charge in [-0.2, -0.15) is 0 Å². The highest BCUT2D eigenvalue weighted by molar-refractivity contribution is 5.81. The van der Waals surface area contributed by atoms with E-state index in [-0.39, 0.29) is 0 Å². The van der Waals surface area contributed by atoms with Crippen molar-refractivity contribution in [1.29, 1.82) is 0 Å². The van der Waals surface area contributed by atoms with Crippen LogP contribution in [0.1, 0.15) is 226 Å². The van der Waals surface area contributed by atoms with Crippen LogP contribution >= 0.6 is 0 Å². The normalized spacial score (nSPS) is 14.9. The van der Waals surface area contributed by atoms with Gasteiger partial charge in [-0.3, -0.25) is 4.79 Å². The molecule has 0 spiro atoms. The van der Waals surface area contributed by atoms with Crippen molar-refractivity contribution in [1.82, 2.24) is 5.32 Å². The van der Waals surface area contributed by atoms with Gasteiger partial charge in [0.1, 0.15) is 6.10 Å². The quantitative estimate of drug-likeness (QED) is 0.0275. The first kappa shape index (κ1) is 50.0. The first-order valence-electron chi connectivity index (χ1n) is 22.2. The Labute approximate surface area is 315 Å². The van der Waals surface area contributed by atoms with Crippen LogP contribution in [0.15, 0.2) is 12.2 Å². The van der Waals surface area contributed by atoms with Crippen LogP contribution in [0.2, 0.25) is 0 Å². The van der Waals surface area contributed by atoms with Crippen molar-refractivity contribution in [3.05, 3.63) is 12.2 Å². The number of nitrogens with one attached hydrogen (secondary N) is 1. The summed E-state index contributed by atoms with van der Waals surface area (Å²) in [6.45, 7) is 3.93. The summed E-state index contributed by atoms with van der Waals surface area (Å²) in [5.74, 6) is -0.843. The highest BCUT2D eigenvalue weighted by Crippen LogP contribution is 2.17. The smallest absolute Gasteiger partial charge is 0.251 e. The number of hydrogen-bond acceptors (Lipinski definition) is 6. The Kier molecular flexibility index (Phi) is 38.0. The standard InChI is InChI=1S/C44H87NO6/c1-3-5-7-9-11-13-15-17-18-19-20-21-22-23-24-25-27-29-31-33-35-37-41(48)43(50)44(51)45-39(38-46)42(49)40(47)36-34-32-30-28-26-16-14-12-10-8-6-4-2/h28,30,39-43,46-50H,3-27,29,31-38H2,1-2H3,(H,45,51)/b30-28+/t39-,40+,41?,42-,43+/m0/s1. The van der Waals surface area contributed by atoms with Crippen LogP contribution in [-0.2, 0) is 4.79 Å². The number of aliphatic hydroxyl groups is 5. The van der Waals surface area contributed by atoms with Crippen molar-refractivity contribution in [2.75, 3.05) is 6.61 Å². The molecule has 51 heavy (non-hydrogen) atoms. The Bertz CT molecular complexity index is 749. The highest BCUT2D eigenvalue weighted by Gasteiger charge is 2.31. The molecule has 1 unspecified atom stereocenters. The zero-order chi connectivity index (χ0) is 37.6. The molecule has 304 valence electrons. The van der Waals surface area contributed by atoms with Gasteiger partial charge in [0.25, 0.3) is 5.91 Å². The summed E-state index contributed by atoms with van der Waals surface area (Å²) in [6, 6.07) is -1.12. The first-order chi connectivity index (χ1) is 24.9. The molecule has 0 aliphatic heterocycles. The molecule has 0 bridgehead atoms. The second kappa shape index (κ2) is 38.7. The van der Waals surface area contributed by atoms with E-state index >= 15 is 0 Å². The third-order valence-corrected chi connectivity index (χ3v) is 10.6. The molecule has 7 heteroatoms. The molecular weight excluding hydrogens is 638 g/mol. The lowest BCUT2D eigenvalue weighted by Crippen LogP contribution is -2.54. The fourth-order valence-electron chi connectivity index (χ4n) is 6.96. The van der Waals surface area contributed by atoms with Gasteiger partial charge in [-0.25, -0.2) is 0 Å². The second-order valence-corrected chi connectivity index (χ2v) is 15.5. The van der Waals surface area contributed by atoms with Crippen LogP contribution < -0.4 is 5.32 Å². The summed E-state index contributed by atoms with van der Waals surface area (Å²) in [4.78, 5) is 12.5. The van der Waals surface area contributed by atoms with Gasteiger partial charge in [0.05, 0.1) is 24.9 Å². The summed E-state index contributed by atoms with van der Waals surface area (Å²) in [6.07, 6.45) is 38.5. The number of unbranched alkanes of at least 4 members (excludes halogenated alkanes) is 28. The average Bonchev–Trinajstić information content (AvgIpc) is 3.13. The van der Waals surface area contributed by atoms with Gasteiger partial charge in [-0.1, -0.05) is 199 Å².